The van der Waals surface area contributed by atoms with E-state index in [1.165, 1.54) is 12.1 Å². The number of hydrogen-bond acceptors (Lipinski definition) is 2. The highest BCUT2D eigenvalue weighted by Crippen LogP contribution is 2.05. The van der Waals surface area contributed by atoms with Crippen molar-refractivity contribution < 1.29 is 8.60 Å². The number of halogens is 1. The van der Waals surface area contributed by atoms with Gasteiger partial charge in [-0.15, -0.1) is 0 Å². The summed E-state index contributed by atoms with van der Waals surface area (Å²) >= 11 is 0. The fourth-order valence-electron chi connectivity index (χ4n) is 0.865. The van der Waals surface area contributed by atoms with Gasteiger partial charge in [-0.3, -0.25) is 4.21 Å². The highest BCUT2D eigenvalue weighted by atomic mass is 32.2. The first kappa shape index (κ1) is 10.2. The summed E-state index contributed by atoms with van der Waals surface area (Å²) in [6, 6.07) is 6.15. The fourth-order valence-corrected chi connectivity index (χ4v) is 1.33. The molecule has 0 fully saturated rings. The van der Waals surface area contributed by atoms with Crippen molar-refractivity contribution in [1.29, 1.82) is 0 Å². The zero-order valence-corrected chi connectivity index (χ0v) is 8.47. The van der Waals surface area contributed by atoms with Gasteiger partial charge >= 0.3 is 0 Å². The molecule has 0 spiro atoms. The molecule has 0 aliphatic carbocycles. The topological polar surface area (TPSA) is 29.4 Å². The van der Waals surface area contributed by atoms with Crippen molar-refractivity contribution in [3.63, 3.8) is 0 Å². The van der Waals surface area contributed by atoms with Crippen molar-refractivity contribution in [3.8, 4) is 0 Å². The summed E-state index contributed by atoms with van der Waals surface area (Å²) in [5.41, 5.74) is 0.747. The van der Waals surface area contributed by atoms with E-state index in [0.29, 0.717) is 6.54 Å². The minimum Gasteiger partial charge on any atom is -0.250 e. The second-order valence-corrected chi connectivity index (χ2v) is 5.72. The van der Waals surface area contributed by atoms with Gasteiger partial charge in [0.05, 0.1) is 6.54 Å². The van der Waals surface area contributed by atoms with Crippen molar-refractivity contribution in [1.82, 2.24) is 0 Å². The summed E-state index contributed by atoms with van der Waals surface area (Å²) in [4.78, 5) is 0. The summed E-state index contributed by atoms with van der Waals surface area (Å²) in [5.74, 6) is -0.286. The zero-order valence-electron chi connectivity index (χ0n) is 7.66. The third-order valence-electron chi connectivity index (χ3n) is 1.45. The SMILES string of the molecule is CS(C)(=O)=NCc1cccc(F)c1. The van der Waals surface area contributed by atoms with Crippen molar-refractivity contribution in [2.75, 3.05) is 12.5 Å². The normalized spacial score (nSPS) is 11.3. The van der Waals surface area contributed by atoms with Gasteiger partial charge in [-0.25, -0.2) is 8.75 Å². The van der Waals surface area contributed by atoms with Gasteiger partial charge in [-0.1, -0.05) is 12.1 Å². The molecule has 0 amide bonds. The van der Waals surface area contributed by atoms with E-state index in [2.05, 4.69) is 4.36 Å². The zero-order chi connectivity index (χ0) is 9.90. The van der Waals surface area contributed by atoms with E-state index in [9.17, 15) is 8.60 Å². The second kappa shape index (κ2) is 3.87. The average molecular weight is 201 g/mol. The molecule has 72 valence electrons. The largest absolute Gasteiger partial charge is 0.250 e. The monoisotopic (exact) mass is 201 g/mol. The highest BCUT2D eigenvalue weighted by molar-refractivity contribution is 7.92. The molecule has 0 aliphatic heterocycles. The Balaban J connectivity index is 2.82. The van der Waals surface area contributed by atoms with Gasteiger partial charge in [0, 0.05) is 22.2 Å². The Kier molecular flexibility index (Phi) is 3.03. The molecule has 0 radical (unpaired) electrons. The predicted molar refractivity (Wildman–Crippen MR) is 52.5 cm³/mol. The lowest BCUT2D eigenvalue weighted by molar-refractivity contribution is 0.625. The molecule has 2 nitrogen and oxygen atoms in total. The van der Waals surface area contributed by atoms with Crippen LogP contribution in [0.2, 0.25) is 0 Å². The van der Waals surface area contributed by atoms with Crippen LogP contribution in [0.3, 0.4) is 0 Å². The number of nitrogens with zero attached hydrogens (tertiary/aromatic N) is 1. The lowest BCUT2D eigenvalue weighted by Gasteiger charge is -1.97. The molecule has 0 aliphatic rings. The molecule has 0 N–H and O–H groups in total. The smallest absolute Gasteiger partial charge is 0.123 e. The van der Waals surface area contributed by atoms with E-state index in [1.54, 1.807) is 24.6 Å². The van der Waals surface area contributed by atoms with Crippen molar-refractivity contribution in [2.45, 2.75) is 6.54 Å². The van der Waals surface area contributed by atoms with Crippen molar-refractivity contribution >= 4 is 9.73 Å². The molecule has 0 bridgehead atoms. The minimum absolute atomic E-state index is 0.286. The Hall–Kier alpha value is -0.900. The van der Waals surface area contributed by atoms with Gasteiger partial charge in [0.1, 0.15) is 5.82 Å². The standard InChI is InChI=1S/C9H12FNOS/c1-13(2,12)11-7-8-4-3-5-9(10)6-8/h3-6H,7H2,1-2H3. The number of benzene rings is 1. The van der Waals surface area contributed by atoms with Gasteiger partial charge in [-0.05, 0) is 17.7 Å². The molecule has 4 heteroatoms. The molecule has 0 saturated heterocycles. The first-order valence-corrected chi connectivity index (χ1v) is 6.18. The first-order valence-electron chi connectivity index (χ1n) is 3.85. The van der Waals surface area contributed by atoms with Crippen molar-refractivity contribution in [2.24, 2.45) is 4.36 Å². The maximum atomic E-state index is 12.7. The van der Waals surface area contributed by atoms with Gasteiger partial charge < -0.3 is 0 Å². The third kappa shape index (κ3) is 4.03. The predicted octanol–water partition coefficient (Wildman–Crippen LogP) is 2.05. The Morgan fingerprint density at radius 1 is 1.46 bits per heavy atom. The molecule has 0 aromatic heterocycles. The van der Waals surface area contributed by atoms with Gasteiger partial charge in [0.15, 0.2) is 0 Å². The van der Waals surface area contributed by atoms with Gasteiger partial charge in [0.2, 0.25) is 0 Å². The Morgan fingerprint density at radius 3 is 2.69 bits per heavy atom. The van der Waals surface area contributed by atoms with Crippen LogP contribution in [0, 0.1) is 5.82 Å². The van der Waals surface area contributed by atoms with Crippen LogP contribution in [0.25, 0.3) is 0 Å². The maximum absolute atomic E-state index is 12.7. The Morgan fingerprint density at radius 2 is 2.15 bits per heavy atom. The molecule has 0 heterocycles. The van der Waals surface area contributed by atoms with E-state index in [-0.39, 0.29) is 5.82 Å². The van der Waals surface area contributed by atoms with Gasteiger partial charge in [0.25, 0.3) is 0 Å². The summed E-state index contributed by atoms with van der Waals surface area (Å²) in [6.07, 6.45) is 3.12. The van der Waals surface area contributed by atoms with E-state index in [0.717, 1.165) is 5.56 Å². The maximum Gasteiger partial charge on any atom is 0.123 e. The van der Waals surface area contributed by atoms with Crippen LogP contribution in [0.4, 0.5) is 4.39 Å². The molecule has 1 aromatic rings. The van der Waals surface area contributed by atoms with Crippen LogP contribution in [-0.4, -0.2) is 16.7 Å². The summed E-state index contributed by atoms with van der Waals surface area (Å²) in [5, 5.41) is 0. The fraction of sp³-hybridized carbons (Fsp3) is 0.333. The van der Waals surface area contributed by atoms with Crippen LogP contribution in [0.1, 0.15) is 5.56 Å². The van der Waals surface area contributed by atoms with Crippen LogP contribution < -0.4 is 0 Å². The lowest BCUT2D eigenvalue weighted by atomic mass is 10.2. The van der Waals surface area contributed by atoms with E-state index in [4.69, 9.17) is 0 Å². The minimum atomic E-state index is -2.08. The lowest BCUT2D eigenvalue weighted by Crippen LogP contribution is -1.92. The molecule has 0 saturated carbocycles. The second-order valence-electron chi connectivity index (χ2n) is 3.10. The van der Waals surface area contributed by atoms with Gasteiger partial charge in [-0.2, -0.15) is 0 Å². The molecule has 13 heavy (non-hydrogen) atoms. The molecule has 1 rings (SSSR count). The van der Waals surface area contributed by atoms with E-state index < -0.39 is 9.73 Å². The number of hydrogen-bond donors (Lipinski definition) is 0. The Bertz CT molecular complexity index is 400. The van der Waals surface area contributed by atoms with E-state index >= 15 is 0 Å². The summed E-state index contributed by atoms with van der Waals surface area (Å²) in [6.45, 7) is 0.309. The summed E-state index contributed by atoms with van der Waals surface area (Å²) in [7, 11) is -2.08. The van der Waals surface area contributed by atoms with E-state index in [1.807, 2.05) is 0 Å². The van der Waals surface area contributed by atoms with Crippen LogP contribution in [-0.2, 0) is 16.3 Å². The average Bonchev–Trinajstić information content (AvgIpc) is 2.00. The van der Waals surface area contributed by atoms with Crippen LogP contribution in [0.5, 0.6) is 0 Å². The molecule has 0 unspecified atom stereocenters. The summed E-state index contributed by atoms with van der Waals surface area (Å²) < 4.78 is 27.8. The van der Waals surface area contributed by atoms with Crippen molar-refractivity contribution in [3.05, 3.63) is 35.6 Å². The molecular formula is C9H12FNOS. The third-order valence-corrected chi connectivity index (χ3v) is 2.20. The first-order chi connectivity index (χ1) is 5.97. The quantitative estimate of drug-likeness (QED) is 0.720. The van der Waals surface area contributed by atoms with Crippen LogP contribution in [0.15, 0.2) is 28.6 Å². The number of rotatable bonds is 2. The van der Waals surface area contributed by atoms with Crippen LogP contribution >= 0.6 is 0 Å². The molecule has 1 aromatic carbocycles. The molecular weight excluding hydrogens is 189 g/mol. The Labute approximate surface area is 78.0 Å². The highest BCUT2D eigenvalue weighted by Gasteiger charge is 1.94. The molecule has 0 atom stereocenters.